The van der Waals surface area contributed by atoms with Crippen molar-refractivity contribution in [1.82, 2.24) is 0 Å². The lowest BCUT2D eigenvalue weighted by Crippen LogP contribution is -2.09. The lowest BCUT2D eigenvalue weighted by Gasteiger charge is -2.26. The maximum atomic E-state index is 2.34. The van der Waals surface area contributed by atoms with Gasteiger partial charge in [0.05, 0.1) is 0 Å². The summed E-state index contributed by atoms with van der Waals surface area (Å²) in [5.74, 6) is 0. The predicted octanol–water partition coefficient (Wildman–Crippen LogP) is 18.7. The summed E-state index contributed by atoms with van der Waals surface area (Å²) < 4.78 is 0. The summed E-state index contributed by atoms with van der Waals surface area (Å²) in [4.78, 5) is 4.67. The molecule has 0 unspecified atom stereocenters. The van der Waals surface area contributed by atoms with E-state index in [1.807, 2.05) is 0 Å². The monoisotopic (exact) mass is 874 g/mol. The van der Waals surface area contributed by atoms with Crippen molar-refractivity contribution < 1.29 is 0 Å². The molecule has 0 saturated heterocycles. The molecule has 2 nitrogen and oxygen atoms in total. The topological polar surface area (TPSA) is 6.48 Å². The highest BCUT2D eigenvalue weighted by Crippen LogP contribution is 2.39. The van der Waals surface area contributed by atoms with Crippen LogP contribution in [0.15, 0.2) is 243 Å². The summed E-state index contributed by atoms with van der Waals surface area (Å²) in [5.41, 5.74) is 23.6. The average Bonchev–Trinajstić information content (AvgIpc) is 3.38. The van der Waals surface area contributed by atoms with E-state index in [9.17, 15) is 0 Å². The summed E-state index contributed by atoms with van der Waals surface area (Å²) in [7, 11) is 0. The second-order valence-electron chi connectivity index (χ2n) is 17.8. The molecule has 0 bridgehead atoms. The van der Waals surface area contributed by atoms with Gasteiger partial charge in [-0.15, -0.1) is 0 Å². The normalized spacial score (nSPS) is 11.2. The van der Waals surface area contributed by atoms with Crippen LogP contribution in [0.5, 0.6) is 0 Å². The van der Waals surface area contributed by atoms with Crippen LogP contribution in [0.25, 0.3) is 56.7 Å². The fourth-order valence-corrected chi connectivity index (χ4v) is 8.75. The number of hydrogen-bond donors (Lipinski definition) is 0. The van der Waals surface area contributed by atoms with Gasteiger partial charge in [0.25, 0.3) is 0 Å². The zero-order valence-electron chi connectivity index (χ0n) is 39.1. The van der Waals surface area contributed by atoms with Gasteiger partial charge in [0.1, 0.15) is 0 Å². The molecule has 0 radical (unpaired) electrons. The minimum absolute atomic E-state index is 1.09. The summed E-state index contributed by atoms with van der Waals surface area (Å²) in [6.45, 7) is 8.51. The van der Waals surface area contributed by atoms with Gasteiger partial charge >= 0.3 is 0 Å². The second-order valence-corrected chi connectivity index (χ2v) is 17.8. The van der Waals surface area contributed by atoms with Crippen LogP contribution >= 0.6 is 0 Å². The van der Waals surface area contributed by atoms with Crippen LogP contribution in [-0.2, 0) is 0 Å². The number of benzene rings is 10. The third-order valence-electron chi connectivity index (χ3n) is 12.8. The van der Waals surface area contributed by atoms with Crippen molar-refractivity contribution in [1.29, 1.82) is 0 Å². The second kappa shape index (κ2) is 19.6. The quantitative estimate of drug-likeness (QED) is 0.113. The van der Waals surface area contributed by atoms with Gasteiger partial charge in [-0.25, -0.2) is 0 Å². The minimum Gasteiger partial charge on any atom is -0.311 e. The first kappa shape index (κ1) is 43.4. The van der Waals surface area contributed by atoms with Crippen LogP contribution in [0.4, 0.5) is 34.1 Å². The molecule has 0 heterocycles. The Balaban J connectivity index is 0.911. The Morgan fingerprint density at radius 2 is 0.338 bits per heavy atom. The zero-order chi connectivity index (χ0) is 46.4. The highest BCUT2D eigenvalue weighted by molar-refractivity contribution is 5.83. The highest BCUT2D eigenvalue weighted by Gasteiger charge is 2.16. The Hall–Kier alpha value is -8.46. The first-order valence-corrected chi connectivity index (χ1v) is 23.5. The molecule has 68 heavy (non-hydrogen) atoms. The molecule has 0 aliphatic heterocycles. The molecular weight excluding hydrogens is 821 g/mol. The lowest BCUT2D eigenvalue weighted by molar-refractivity contribution is 1.28. The van der Waals surface area contributed by atoms with Crippen LogP contribution in [0, 0.1) is 27.7 Å². The van der Waals surface area contributed by atoms with Gasteiger partial charge in [0.15, 0.2) is 0 Å². The smallest absolute Gasteiger partial charge is 0.0462 e. The molecule has 0 amide bonds. The van der Waals surface area contributed by atoms with E-state index < -0.39 is 0 Å². The van der Waals surface area contributed by atoms with Crippen molar-refractivity contribution in [2.24, 2.45) is 0 Å². The van der Waals surface area contributed by atoms with E-state index in [2.05, 4.69) is 292 Å². The SMILES string of the molecule is Cc1ccc(-c2ccc(N(c3ccc(/C=C/c4ccc(N(c5ccc(-c6ccc(C)cc6)cc5)c5ccc(-c6ccc(C)cc6)cc5)cc4)cc3)c3ccc(-c4ccc(C)cc4)cc3)cc2)cc1. The summed E-state index contributed by atoms with van der Waals surface area (Å²) >= 11 is 0. The molecule has 10 aromatic rings. The first-order chi connectivity index (χ1) is 33.3. The van der Waals surface area contributed by atoms with Crippen molar-refractivity contribution in [3.8, 4) is 44.5 Å². The Bertz CT molecular complexity index is 2850. The van der Waals surface area contributed by atoms with Crippen LogP contribution in [0.2, 0.25) is 0 Å². The highest BCUT2D eigenvalue weighted by atomic mass is 15.1. The number of aryl methyl sites for hydroxylation is 4. The van der Waals surface area contributed by atoms with Crippen molar-refractivity contribution in [3.05, 3.63) is 276 Å². The Morgan fingerprint density at radius 3 is 0.515 bits per heavy atom. The zero-order valence-corrected chi connectivity index (χ0v) is 39.1. The largest absolute Gasteiger partial charge is 0.311 e. The molecule has 10 rings (SSSR count). The predicted molar refractivity (Wildman–Crippen MR) is 292 cm³/mol. The molecule has 10 aromatic carbocycles. The molecule has 0 fully saturated rings. The van der Waals surface area contributed by atoms with Gasteiger partial charge in [0, 0.05) is 34.1 Å². The van der Waals surface area contributed by atoms with E-state index in [1.54, 1.807) is 0 Å². The van der Waals surface area contributed by atoms with Crippen LogP contribution < -0.4 is 9.80 Å². The minimum atomic E-state index is 1.09. The molecule has 0 saturated carbocycles. The molecular formula is C66H54N2. The Kier molecular flexibility index (Phi) is 12.5. The van der Waals surface area contributed by atoms with Crippen LogP contribution in [0.3, 0.4) is 0 Å². The van der Waals surface area contributed by atoms with E-state index >= 15 is 0 Å². The number of nitrogens with zero attached hydrogens (tertiary/aromatic N) is 2. The first-order valence-electron chi connectivity index (χ1n) is 23.5. The van der Waals surface area contributed by atoms with E-state index in [0.29, 0.717) is 0 Å². The van der Waals surface area contributed by atoms with Crippen molar-refractivity contribution >= 4 is 46.3 Å². The van der Waals surface area contributed by atoms with Crippen molar-refractivity contribution in [3.63, 3.8) is 0 Å². The molecule has 0 spiro atoms. The van der Waals surface area contributed by atoms with Gasteiger partial charge in [0.2, 0.25) is 0 Å². The van der Waals surface area contributed by atoms with E-state index in [0.717, 1.165) is 45.3 Å². The van der Waals surface area contributed by atoms with Crippen LogP contribution in [0.1, 0.15) is 33.4 Å². The van der Waals surface area contributed by atoms with E-state index in [-0.39, 0.29) is 0 Å². The molecule has 0 atom stereocenters. The molecule has 328 valence electrons. The van der Waals surface area contributed by atoms with Crippen LogP contribution in [-0.4, -0.2) is 0 Å². The molecule has 0 N–H and O–H groups in total. The Morgan fingerprint density at radius 1 is 0.191 bits per heavy atom. The molecule has 0 aromatic heterocycles. The number of anilines is 6. The summed E-state index contributed by atoms with van der Waals surface area (Å²) in [5, 5.41) is 0. The van der Waals surface area contributed by atoms with Crippen molar-refractivity contribution in [2.45, 2.75) is 27.7 Å². The fraction of sp³-hybridized carbons (Fsp3) is 0.0606. The maximum Gasteiger partial charge on any atom is 0.0462 e. The van der Waals surface area contributed by atoms with E-state index in [4.69, 9.17) is 0 Å². The Labute approximate surface area is 402 Å². The standard InChI is InChI=1S/C66H54N2/c1-47-5-19-53(20-6-47)57-27-39-63(40-28-57)67(64-41-29-58(30-42-64)54-21-7-48(2)8-22-54)61-35-15-51(16-36-61)13-14-52-17-37-62(38-18-52)68(65-43-31-59(32-44-65)55-23-9-49(3)10-24-55)66-45-33-60(34-46-66)56-25-11-50(4)12-26-56/h5-46H,1-4H3/b14-13+. The summed E-state index contributed by atoms with van der Waals surface area (Å²) in [6, 6.07) is 88.2. The van der Waals surface area contributed by atoms with Crippen molar-refractivity contribution in [2.75, 3.05) is 9.80 Å². The molecule has 2 heteroatoms. The molecule has 0 aliphatic rings. The third-order valence-corrected chi connectivity index (χ3v) is 12.8. The van der Waals surface area contributed by atoms with Gasteiger partial charge in [-0.1, -0.05) is 204 Å². The summed E-state index contributed by atoms with van der Waals surface area (Å²) in [6.07, 6.45) is 4.39. The number of rotatable bonds is 12. The van der Waals surface area contributed by atoms with Gasteiger partial charge in [-0.2, -0.15) is 0 Å². The average molecular weight is 875 g/mol. The third kappa shape index (κ3) is 9.87. The lowest BCUT2D eigenvalue weighted by atomic mass is 10.0. The fourth-order valence-electron chi connectivity index (χ4n) is 8.75. The maximum absolute atomic E-state index is 2.34. The van der Waals surface area contributed by atoms with Gasteiger partial charge < -0.3 is 9.80 Å². The van der Waals surface area contributed by atoms with Gasteiger partial charge in [-0.05, 0) is 156 Å². The van der Waals surface area contributed by atoms with Gasteiger partial charge in [-0.3, -0.25) is 0 Å². The van der Waals surface area contributed by atoms with E-state index in [1.165, 1.54) is 66.8 Å². The molecule has 0 aliphatic carbocycles. The number of hydrogen-bond acceptors (Lipinski definition) is 2.